The highest BCUT2D eigenvalue weighted by molar-refractivity contribution is 5.97. The van der Waals surface area contributed by atoms with E-state index in [9.17, 15) is 9.59 Å². The first-order valence-electron chi connectivity index (χ1n) is 8.71. The fourth-order valence-corrected chi connectivity index (χ4v) is 2.96. The van der Waals surface area contributed by atoms with Crippen molar-refractivity contribution in [1.29, 1.82) is 0 Å². The van der Waals surface area contributed by atoms with Crippen LogP contribution in [-0.4, -0.2) is 34.4 Å². The number of hydrogen-bond donors (Lipinski definition) is 3. The molecular formula is C18H20N6O2. The van der Waals surface area contributed by atoms with Gasteiger partial charge in [0.1, 0.15) is 5.82 Å². The van der Waals surface area contributed by atoms with Crippen LogP contribution < -0.4 is 21.3 Å². The number of rotatable bonds is 6. The lowest BCUT2D eigenvalue weighted by atomic mass is 10.2. The topological polar surface area (TPSA) is 113 Å². The molecule has 2 aliphatic rings. The van der Waals surface area contributed by atoms with E-state index in [0.717, 1.165) is 37.2 Å². The first-order valence-corrected chi connectivity index (χ1v) is 8.71. The molecule has 4 rings (SSSR count). The van der Waals surface area contributed by atoms with E-state index >= 15 is 0 Å². The highest BCUT2D eigenvalue weighted by atomic mass is 16.2. The molecule has 1 aromatic carbocycles. The van der Waals surface area contributed by atoms with Gasteiger partial charge in [-0.1, -0.05) is 6.07 Å². The predicted molar refractivity (Wildman–Crippen MR) is 98.5 cm³/mol. The van der Waals surface area contributed by atoms with Gasteiger partial charge < -0.3 is 21.3 Å². The maximum Gasteiger partial charge on any atom is 0.254 e. The number of nitrogens with zero attached hydrogens (tertiary/aromatic N) is 3. The van der Waals surface area contributed by atoms with Crippen LogP contribution in [0.2, 0.25) is 0 Å². The summed E-state index contributed by atoms with van der Waals surface area (Å²) in [6.45, 7) is 0.738. The number of carbonyl (C=O) groups excluding carboxylic acids is 2. The molecule has 2 heterocycles. The van der Waals surface area contributed by atoms with Gasteiger partial charge in [-0.05, 0) is 37.5 Å². The maximum absolute atomic E-state index is 11.9. The maximum atomic E-state index is 11.9. The third kappa shape index (κ3) is 3.44. The van der Waals surface area contributed by atoms with E-state index < -0.39 is 5.91 Å². The smallest absolute Gasteiger partial charge is 0.254 e. The number of aromatic nitrogens is 2. The molecule has 1 aromatic heterocycles. The van der Waals surface area contributed by atoms with Gasteiger partial charge in [-0.3, -0.25) is 9.59 Å². The second-order valence-electron chi connectivity index (χ2n) is 6.56. The number of hydrogen-bond acceptors (Lipinski definition) is 6. The van der Waals surface area contributed by atoms with Crippen LogP contribution in [0.25, 0.3) is 0 Å². The van der Waals surface area contributed by atoms with Gasteiger partial charge in [-0.25, -0.2) is 4.98 Å². The first-order chi connectivity index (χ1) is 12.6. The van der Waals surface area contributed by atoms with Gasteiger partial charge in [0.25, 0.3) is 5.91 Å². The Bertz CT molecular complexity index is 865. The minimum Gasteiger partial charge on any atom is -0.367 e. The predicted octanol–water partition coefficient (Wildman–Crippen LogP) is 2.02. The summed E-state index contributed by atoms with van der Waals surface area (Å²) in [7, 11) is 0. The van der Waals surface area contributed by atoms with Crippen molar-refractivity contribution in [2.45, 2.75) is 31.7 Å². The normalized spacial score (nSPS) is 16.6. The van der Waals surface area contributed by atoms with Gasteiger partial charge in [-0.15, -0.1) is 0 Å². The Hall–Kier alpha value is -3.16. The molecule has 2 aromatic rings. The highest BCUT2D eigenvalue weighted by Gasteiger charge is 2.24. The Kier molecular flexibility index (Phi) is 4.16. The van der Waals surface area contributed by atoms with Crippen molar-refractivity contribution in [2.75, 3.05) is 22.1 Å². The lowest BCUT2D eigenvalue weighted by molar-refractivity contribution is -0.117. The van der Waals surface area contributed by atoms with Crippen LogP contribution in [0.1, 0.15) is 36.0 Å². The molecule has 26 heavy (non-hydrogen) atoms. The van der Waals surface area contributed by atoms with E-state index in [4.69, 9.17) is 5.73 Å². The Balaban J connectivity index is 1.57. The number of benzene rings is 1. The fourth-order valence-electron chi connectivity index (χ4n) is 2.96. The summed E-state index contributed by atoms with van der Waals surface area (Å²) >= 11 is 0. The van der Waals surface area contributed by atoms with Crippen molar-refractivity contribution in [2.24, 2.45) is 5.73 Å². The molecule has 8 heteroatoms. The Labute approximate surface area is 150 Å². The molecule has 0 atom stereocenters. The van der Waals surface area contributed by atoms with Gasteiger partial charge in [0.2, 0.25) is 11.9 Å². The van der Waals surface area contributed by atoms with Gasteiger partial charge in [-0.2, -0.15) is 4.98 Å². The first kappa shape index (κ1) is 16.3. The number of nitrogens with one attached hydrogen (secondary N) is 2. The summed E-state index contributed by atoms with van der Waals surface area (Å²) in [6.07, 6.45) is 5.00. The van der Waals surface area contributed by atoms with Gasteiger partial charge in [0, 0.05) is 36.6 Å². The lowest BCUT2D eigenvalue weighted by Crippen LogP contribution is -2.23. The zero-order valence-corrected chi connectivity index (χ0v) is 14.2. The third-order valence-electron chi connectivity index (χ3n) is 4.46. The minimum atomic E-state index is -0.561. The molecule has 1 aliphatic heterocycles. The quantitative estimate of drug-likeness (QED) is 0.733. The number of amides is 2. The van der Waals surface area contributed by atoms with Crippen molar-refractivity contribution >= 4 is 35.0 Å². The molecule has 0 radical (unpaired) electrons. The molecule has 4 N–H and O–H groups in total. The van der Waals surface area contributed by atoms with E-state index in [0.29, 0.717) is 24.2 Å². The van der Waals surface area contributed by atoms with E-state index in [1.54, 1.807) is 4.90 Å². The number of nitrogens with two attached hydrogens (primary N) is 1. The molecule has 0 unspecified atom stereocenters. The van der Waals surface area contributed by atoms with Gasteiger partial charge in [0.15, 0.2) is 0 Å². The standard InChI is InChI=1S/C18H20N6O2/c19-16(26)14-10-20-18(23-17(14)21-11-6-7-11)22-12-3-1-4-13(9-12)24-8-2-5-15(24)25/h1,3-4,9-11H,2,5-8H2,(H2,19,26)(H2,20,21,22,23). The van der Waals surface area contributed by atoms with Crippen molar-refractivity contribution < 1.29 is 9.59 Å². The number of carbonyl (C=O) groups is 2. The van der Waals surface area contributed by atoms with Crippen LogP contribution in [0.3, 0.4) is 0 Å². The number of anilines is 4. The average Bonchev–Trinajstić information content (AvgIpc) is 3.33. The summed E-state index contributed by atoms with van der Waals surface area (Å²) < 4.78 is 0. The van der Waals surface area contributed by atoms with Crippen LogP contribution in [0.4, 0.5) is 23.1 Å². The summed E-state index contributed by atoms with van der Waals surface area (Å²) in [6, 6.07) is 7.89. The Morgan fingerprint density at radius 1 is 1.31 bits per heavy atom. The zero-order chi connectivity index (χ0) is 18.1. The molecule has 0 spiro atoms. The average molecular weight is 352 g/mol. The molecule has 0 bridgehead atoms. The van der Waals surface area contributed by atoms with E-state index in [2.05, 4.69) is 20.6 Å². The van der Waals surface area contributed by atoms with Crippen molar-refractivity contribution in [3.05, 3.63) is 36.0 Å². The lowest BCUT2D eigenvalue weighted by Gasteiger charge is -2.17. The summed E-state index contributed by atoms with van der Waals surface area (Å²) in [5.41, 5.74) is 7.30. The largest absolute Gasteiger partial charge is 0.367 e. The third-order valence-corrected chi connectivity index (χ3v) is 4.46. The van der Waals surface area contributed by atoms with Crippen LogP contribution in [0, 0.1) is 0 Å². The van der Waals surface area contributed by atoms with Crippen molar-refractivity contribution in [3.63, 3.8) is 0 Å². The van der Waals surface area contributed by atoms with Crippen LogP contribution >= 0.6 is 0 Å². The molecule has 1 aliphatic carbocycles. The number of primary amides is 1. The zero-order valence-electron chi connectivity index (χ0n) is 14.2. The minimum absolute atomic E-state index is 0.139. The van der Waals surface area contributed by atoms with E-state index in [1.807, 2.05) is 24.3 Å². The van der Waals surface area contributed by atoms with Crippen molar-refractivity contribution in [1.82, 2.24) is 9.97 Å². The Morgan fingerprint density at radius 2 is 2.15 bits per heavy atom. The van der Waals surface area contributed by atoms with E-state index in [1.165, 1.54) is 6.20 Å². The summed E-state index contributed by atoms with van der Waals surface area (Å²) in [5.74, 6) is 0.390. The molecule has 1 saturated carbocycles. The molecule has 1 saturated heterocycles. The van der Waals surface area contributed by atoms with Gasteiger partial charge >= 0.3 is 0 Å². The molecule has 8 nitrogen and oxygen atoms in total. The summed E-state index contributed by atoms with van der Waals surface area (Å²) in [5, 5.41) is 6.34. The Morgan fingerprint density at radius 3 is 2.85 bits per heavy atom. The molecule has 2 amide bonds. The van der Waals surface area contributed by atoms with Gasteiger partial charge in [0.05, 0.1) is 5.56 Å². The monoisotopic (exact) mass is 352 g/mol. The van der Waals surface area contributed by atoms with Crippen LogP contribution in [0.15, 0.2) is 30.5 Å². The SMILES string of the molecule is NC(=O)c1cnc(Nc2cccc(N3CCCC3=O)c2)nc1NC1CC1. The van der Waals surface area contributed by atoms with Crippen LogP contribution in [-0.2, 0) is 4.79 Å². The van der Waals surface area contributed by atoms with E-state index in [-0.39, 0.29) is 11.5 Å². The fraction of sp³-hybridized carbons (Fsp3) is 0.333. The second-order valence-corrected chi connectivity index (χ2v) is 6.56. The van der Waals surface area contributed by atoms with Crippen molar-refractivity contribution in [3.8, 4) is 0 Å². The molecule has 134 valence electrons. The second kappa shape index (κ2) is 6.62. The van der Waals surface area contributed by atoms with Crippen LogP contribution in [0.5, 0.6) is 0 Å². The summed E-state index contributed by atoms with van der Waals surface area (Å²) in [4.78, 5) is 33.8. The highest BCUT2D eigenvalue weighted by Crippen LogP contribution is 2.28. The molecule has 2 fully saturated rings. The molecular weight excluding hydrogens is 332 g/mol.